The van der Waals surface area contributed by atoms with Gasteiger partial charge in [0.05, 0.1) is 22.2 Å². The van der Waals surface area contributed by atoms with Crippen LogP contribution >= 0.6 is 0 Å². The van der Waals surface area contributed by atoms with Crippen molar-refractivity contribution in [3.63, 3.8) is 0 Å². The predicted octanol–water partition coefficient (Wildman–Crippen LogP) is 4.39. The molecule has 1 aromatic heterocycles. The minimum atomic E-state index is -4.72. The summed E-state index contributed by atoms with van der Waals surface area (Å²) < 4.78 is 45.0. The van der Waals surface area contributed by atoms with Gasteiger partial charge in [-0.3, -0.25) is 4.79 Å². The molecule has 2 aromatic carbocycles. The smallest absolute Gasteiger partial charge is 0.417 e. The Labute approximate surface area is 157 Å². The first kappa shape index (κ1) is 18.3. The molecule has 0 bridgehead atoms. The lowest BCUT2D eigenvalue weighted by Crippen LogP contribution is -2.18. The summed E-state index contributed by atoms with van der Waals surface area (Å²) >= 11 is 0. The molecular weight excluding hydrogens is 375 g/mol. The van der Waals surface area contributed by atoms with E-state index in [1.54, 1.807) is 18.2 Å². The van der Waals surface area contributed by atoms with Gasteiger partial charge >= 0.3 is 6.18 Å². The standard InChI is InChI=1S/C19H16F3N3O3/c20-19(21,22)13-5-4-11(26)9-12(13)18(27)23-10-3-6-14-15(8-10)25-17(24-14)16-2-1-7-28-16/h3-6,8-9,16,26H,1-2,7H2,(H,23,27)(H,24,25). The molecular formula is C19H16F3N3O3. The number of fused-ring (bicyclic) bond motifs is 1. The number of amides is 1. The number of aromatic nitrogens is 2. The summed E-state index contributed by atoms with van der Waals surface area (Å²) in [5.41, 5.74) is -0.174. The van der Waals surface area contributed by atoms with Crippen molar-refractivity contribution < 1.29 is 27.8 Å². The lowest BCUT2D eigenvalue weighted by Gasteiger charge is -2.13. The number of halogens is 3. The van der Waals surface area contributed by atoms with Crippen molar-refractivity contribution in [2.24, 2.45) is 0 Å². The maximum atomic E-state index is 13.2. The van der Waals surface area contributed by atoms with Crippen LogP contribution in [0, 0.1) is 0 Å². The van der Waals surface area contributed by atoms with Gasteiger partial charge in [-0.05, 0) is 49.2 Å². The number of phenols is 1. The maximum Gasteiger partial charge on any atom is 0.417 e. The number of hydrogen-bond acceptors (Lipinski definition) is 4. The number of carbonyl (C=O) groups excluding carboxylic acids is 1. The lowest BCUT2D eigenvalue weighted by atomic mass is 10.1. The van der Waals surface area contributed by atoms with Gasteiger partial charge in [-0.25, -0.2) is 4.98 Å². The fourth-order valence-corrected chi connectivity index (χ4v) is 3.22. The fourth-order valence-electron chi connectivity index (χ4n) is 3.22. The van der Waals surface area contributed by atoms with Gasteiger partial charge < -0.3 is 20.1 Å². The third-order valence-electron chi connectivity index (χ3n) is 4.55. The first-order chi connectivity index (χ1) is 13.3. The lowest BCUT2D eigenvalue weighted by molar-refractivity contribution is -0.137. The van der Waals surface area contributed by atoms with Gasteiger partial charge in [0.25, 0.3) is 5.91 Å². The van der Waals surface area contributed by atoms with Crippen molar-refractivity contribution in [2.75, 3.05) is 11.9 Å². The molecule has 0 radical (unpaired) electrons. The molecule has 1 saturated heterocycles. The summed E-state index contributed by atoms with van der Waals surface area (Å²) in [6.45, 7) is 0.675. The number of alkyl halides is 3. The third kappa shape index (κ3) is 3.53. The Bertz CT molecular complexity index is 1040. The second-order valence-electron chi connectivity index (χ2n) is 6.54. The van der Waals surface area contributed by atoms with Gasteiger partial charge in [0, 0.05) is 12.3 Å². The Balaban J connectivity index is 1.61. The quantitative estimate of drug-likeness (QED) is 0.618. The Hall–Kier alpha value is -3.07. The van der Waals surface area contributed by atoms with E-state index >= 15 is 0 Å². The molecule has 3 aromatic rings. The summed E-state index contributed by atoms with van der Waals surface area (Å²) in [6.07, 6.45) is -3.01. The van der Waals surface area contributed by atoms with Crippen molar-refractivity contribution in [1.29, 1.82) is 0 Å². The number of nitrogens with zero attached hydrogens (tertiary/aromatic N) is 1. The number of nitrogens with one attached hydrogen (secondary N) is 2. The van der Waals surface area contributed by atoms with E-state index in [9.17, 15) is 23.1 Å². The Morgan fingerprint density at radius 1 is 1.25 bits per heavy atom. The average Bonchev–Trinajstić information content (AvgIpc) is 3.29. The Morgan fingerprint density at radius 2 is 2.07 bits per heavy atom. The van der Waals surface area contributed by atoms with E-state index in [-0.39, 0.29) is 6.10 Å². The van der Waals surface area contributed by atoms with E-state index in [4.69, 9.17) is 4.74 Å². The molecule has 1 fully saturated rings. The van der Waals surface area contributed by atoms with Gasteiger partial charge in [0.2, 0.25) is 0 Å². The second kappa shape index (κ2) is 6.83. The topological polar surface area (TPSA) is 87.2 Å². The molecule has 1 amide bonds. The van der Waals surface area contributed by atoms with Crippen molar-refractivity contribution in [2.45, 2.75) is 25.1 Å². The number of benzene rings is 2. The van der Waals surface area contributed by atoms with Crippen molar-refractivity contribution in [3.8, 4) is 5.75 Å². The van der Waals surface area contributed by atoms with Crippen LogP contribution in [0.15, 0.2) is 36.4 Å². The van der Waals surface area contributed by atoms with Crippen LogP contribution in [0.5, 0.6) is 5.75 Å². The van der Waals surface area contributed by atoms with Crippen molar-refractivity contribution in [1.82, 2.24) is 9.97 Å². The zero-order chi connectivity index (χ0) is 19.9. The minimum absolute atomic E-state index is 0.105. The number of hydrogen-bond donors (Lipinski definition) is 3. The molecule has 1 aliphatic heterocycles. The van der Waals surface area contributed by atoms with E-state index in [0.717, 1.165) is 25.0 Å². The maximum absolute atomic E-state index is 13.2. The number of anilines is 1. The van der Waals surface area contributed by atoms with Crippen molar-refractivity contribution >= 4 is 22.6 Å². The van der Waals surface area contributed by atoms with Gasteiger partial charge in [0.15, 0.2) is 0 Å². The molecule has 146 valence electrons. The number of ether oxygens (including phenoxy) is 1. The molecule has 1 atom stereocenters. The van der Waals surface area contributed by atoms with Gasteiger partial charge in [-0.1, -0.05) is 0 Å². The number of imidazole rings is 1. The van der Waals surface area contributed by atoms with Crippen LogP contribution in [0.2, 0.25) is 0 Å². The van der Waals surface area contributed by atoms with Crippen LogP contribution in [0.4, 0.5) is 18.9 Å². The number of carbonyl (C=O) groups is 1. The van der Waals surface area contributed by atoms with E-state index in [0.29, 0.717) is 35.2 Å². The van der Waals surface area contributed by atoms with E-state index in [1.165, 1.54) is 0 Å². The normalized spacial score (nSPS) is 17.2. The van der Waals surface area contributed by atoms with Gasteiger partial charge in [-0.2, -0.15) is 13.2 Å². The Morgan fingerprint density at radius 3 is 2.79 bits per heavy atom. The molecule has 1 aliphatic rings. The SMILES string of the molecule is O=C(Nc1ccc2nc(C3CCCO3)[nH]c2c1)c1cc(O)ccc1C(F)(F)F. The summed E-state index contributed by atoms with van der Waals surface area (Å²) in [4.78, 5) is 20.0. The molecule has 2 heterocycles. The summed E-state index contributed by atoms with van der Waals surface area (Å²) in [5.74, 6) is -0.715. The van der Waals surface area contributed by atoms with Crippen LogP contribution in [-0.2, 0) is 10.9 Å². The number of aromatic amines is 1. The second-order valence-corrected chi connectivity index (χ2v) is 6.54. The number of H-pyrrole nitrogens is 1. The largest absolute Gasteiger partial charge is 0.508 e. The summed E-state index contributed by atoms with van der Waals surface area (Å²) in [7, 11) is 0. The molecule has 0 spiro atoms. The highest BCUT2D eigenvalue weighted by Gasteiger charge is 2.35. The Kier molecular flexibility index (Phi) is 4.46. The van der Waals surface area contributed by atoms with Crippen LogP contribution in [0.3, 0.4) is 0 Å². The molecule has 0 saturated carbocycles. The van der Waals surface area contributed by atoms with Crippen molar-refractivity contribution in [3.05, 3.63) is 53.3 Å². The highest BCUT2D eigenvalue weighted by Crippen LogP contribution is 2.34. The van der Waals surface area contributed by atoms with E-state index < -0.39 is 29.0 Å². The molecule has 1 unspecified atom stereocenters. The number of aromatic hydroxyl groups is 1. The summed E-state index contributed by atoms with van der Waals surface area (Å²) in [6, 6.07) is 7.17. The van der Waals surface area contributed by atoms with Gasteiger partial charge in [0.1, 0.15) is 17.7 Å². The minimum Gasteiger partial charge on any atom is -0.508 e. The first-order valence-corrected chi connectivity index (χ1v) is 8.64. The number of rotatable bonds is 3. The van der Waals surface area contributed by atoms with Crippen LogP contribution < -0.4 is 5.32 Å². The number of phenolic OH excluding ortho intramolecular Hbond substituents is 1. The third-order valence-corrected chi connectivity index (χ3v) is 4.55. The highest BCUT2D eigenvalue weighted by atomic mass is 19.4. The zero-order valence-electron chi connectivity index (χ0n) is 14.5. The van der Waals surface area contributed by atoms with Crippen LogP contribution in [0.1, 0.15) is 40.7 Å². The van der Waals surface area contributed by atoms with Crippen LogP contribution in [0.25, 0.3) is 11.0 Å². The van der Waals surface area contributed by atoms with E-state index in [1.807, 2.05) is 0 Å². The highest BCUT2D eigenvalue weighted by molar-refractivity contribution is 6.06. The predicted molar refractivity (Wildman–Crippen MR) is 95.1 cm³/mol. The van der Waals surface area contributed by atoms with E-state index in [2.05, 4.69) is 15.3 Å². The molecule has 28 heavy (non-hydrogen) atoms. The average molecular weight is 391 g/mol. The van der Waals surface area contributed by atoms with Gasteiger partial charge in [-0.15, -0.1) is 0 Å². The van der Waals surface area contributed by atoms with Crippen LogP contribution in [-0.4, -0.2) is 27.6 Å². The summed E-state index contributed by atoms with van der Waals surface area (Å²) in [5, 5.41) is 11.9. The first-order valence-electron chi connectivity index (χ1n) is 8.64. The molecule has 3 N–H and O–H groups in total. The zero-order valence-corrected chi connectivity index (χ0v) is 14.5. The molecule has 4 rings (SSSR count). The fraction of sp³-hybridized carbons (Fsp3) is 0.263. The monoisotopic (exact) mass is 391 g/mol. The molecule has 0 aliphatic carbocycles. The molecule has 9 heteroatoms. The molecule has 6 nitrogen and oxygen atoms in total.